The summed E-state index contributed by atoms with van der Waals surface area (Å²) in [5, 5.41) is 14.3. The molecule has 0 bridgehead atoms. The van der Waals surface area contributed by atoms with Crippen LogP contribution in [-0.2, 0) is 19.3 Å². The highest BCUT2D eigenvalue weighted by Crippen LogP contribution is 2.20. The van der Waals surface area contributed by atoms with Crippen molar-refractivity contribution in [2.24, 2.45) is 7.05 Å². The minimum absolute atomic E-state index is 0.226. The molecule has 0 spiro atoms. The van der Waals surface area contributed by atoms with Crippen molar-refractivity contribution in [1.29, 1.82) is 0 Å². The number of amides is 2. The predicted molar refractivity (Wildman–Crippen MR) is 97.1 cm³/mol. The van der Waals surface area contributed by atoms with Gasteiger partial charge in [-0.05, 0) is 35.9 Å². The number of carbonyl (C=O) groups is 1. The van der Waals surface area contributed by atoms with Crippen molar-refractivity contribution in [3.8, 4) is 0 Å². The standard InChI is InChI=1S/C17H17FN6OS/c1-24-15(10-20-16(25)21-14-6-4-13(18)5-7-14)22-23-17(24)26-11-12-3-2-8-19-9-12/h2-9H,10-11H2,1H3,(H2,20,21,25). The molecule has 2 heterocycles. The summed E-state index contributed by atoms with van der Waals surface area (Å²) in [5.74, 6) is 1.01. The zero-order valence-corrected chi connectivity index (χ0v) is 14.8. The first-order chi connectivity index (χ1) is 12.6. The molecule has 2 N–H and O–H groups in total. The highest BCUT2D eigenvalue weighted by Gasteiger charge is 2.11. The minimum Gasteiger partial charge on any atom is -0.331 e. The van der Waals surface area contributed by atoms with Crippen molar-refractivity contribution >= 4 is 23.5 Å². The number of rotatable bonds is 6. The molecule has 0 atom stereocenters. The third-order valence-electron chi connectivity index (χ3n) is 3.52. The second kappa shape index (κ2) is 8.43. The third kappa shape index (κ3) is 4.79. The van der Waals surface area contributed by atoms with E-state index in [0.29, 0.717) is 11.5 Å². The van der Waals surface area contributed by atoms with E-state index in [4.69, 9.17) is 0 Å². The molecule has 9 heteroatoms. The molecule has 3 aromatic rings. The van der Waals surface area contributed by atoms with Gasteiger partial charge in [-0.2, -0.15) is 0 Å². The average molecular weight is 372 g/mol. The van der Waals surface area contributed by atoms with Gasteiger partial charge in [-0.25, -0.2) is 9.18 Å². The van der Waals surface area contributed by atoms with Crippen LogP contribution in [0.25, 0.3) is 0 Å². The van der Waals surface area contributed by atoms with Crippen LogP contribution in [-0.4, -0.2) is 25.8 Å². The van der Waals surface area contributed by atoms with Crippen LogP contribution in [0, 0.1) is 5.82 Å². The number of benzene rings is 1. The Balaban J connectivity index is 1.51. The summed E-state index contributed by atoms with van der Waals surface area (Å²) in [6.45, 7) is 0.226. The summed E-state index contributed by atoms with van der Waals surface area (Å²) in [6, 6.07) is 9.03. The SMILES string of the molecule is Cn1c(CNC(=O)Nc2ccc(F)cc2)nnc1SCc1cccnc1. The lowest BCUT2D eigenvalue weighted by Gasteiger charge is -2.08. The molecule has 134 valence electrons. The molecule has 0 saturated heterocycles. The lowest BCUT2D eigenvalue weighted by Crippen LogP contribution is -2.29. The van der Waals surface area contributed by atoms with Crippen LogP contribution in [0.15, 0.2) is 53.9 Å². The quantitative estimate of drug-likeness (QED) is 0.650. The van der Waals surface area contributed by atoms with Crippen molar-refractivity contribution < 1.29 is 9.18 Å². The largest absolute Gasteiger partial charge is 0.331 e. The number of nitrogens with one attached hydrogen (secondary N) is 2. The number of nitrogens with zero attached hydrogens (tertiary/aromatic N) is 4. The van der Waals surface area contributed by atoms with Crippen molar-refractivity contribution in [1.82, 2.24) is 25.1 Å². The molecule has 7 nitrogen and oxygen atoms in total. The van der Waals surface area contributed by atoms with Gasteiger partial charge in [0.05, 0.1) is 6.54 Å². The summed E-state index contributed by atoms with van der Waals surface area (Å²) in [5.41, 5.74) is 1.61. The molecule has 0 aliphatic rings. The van der Waals surface area contributed by atoms with Gasteiger partial charge in [-0.1, -0.05) is 17.8 Å². The lowest BCUT2D eigenvalue weighted by molar-refractivity contribution is 0.251. The average Bonchev–Trinajstić information content (AvgIpc) is 3.01. The first-order valence-corrected chi connectivity index (χ1v) is 8.81. The normalized spacial score (nSPS) is 10.5. The number of carbonyl (C=O) groups excluding carboxylic acids is 1. The van der Waals surface area contributed by atoms with Crippen LogP contribution in [0.5, 0.6) is 0 Å². The summed E-state index contributed by atoms with van der Waals surface area (Å²) in [6.07, 6.45) is 3.54. The Bertz CT molecular complexity index is 869. The second-order valence-corrected chi connectivity index (χ2v) is 6.36. The Labute approximate surface area is 154 Å². The molecule has 0 aliphatic heterocycles. The Hall–Kier alpha value is -2.94. The zero-order chi connectivity index (χ0) is 18.4. The number of hydrogen-bond acceptors (Lipinski definition) is 5. The van der Waals surface area contributed by atoms with E-state index >= 15 is 0 Å². The van der Waals surface area contributed by atoms with Gasteiger partial charge in [0.25, 0.3) is 0 Å². The van der Waals surface area contributed by atoms with Gasteiger partial charge in [-0.15, -0.1) is 10.2 Å². The molecular weight excluding hydrogens is 355 g/mol. The molecule has 0 radical (unpaired) electrons. The fourth-order valence-corrected chi connectivity index (χ4v) is 2.99. The van der Waals surface area contributed by atoms with Gasteiger partial charge in [0.2, 0.25) is 0 Å². The fourth-order valence-electron chi connectivity index (χ4n) is 2.12. The summed E-state index contributed by atoms with van der Waals surface area (Å²) >= 11 is 1.54. The molecule has 26 heavy (non-hydrogen) atoms. The van der Waals surface area contributed by atoms with Crippen molar-refractivity contribution in [3.05, 3.63) is 66.0 Å². The number of anilines is 1. The molecule has 2 amide bonds. The van der Waals surface area contributed by atoms with Gasteiger partial charge in [-0.3, -0.25) is 4.98 Å². The maximum Gasteiger partial charge on any atom is 0.319 e. The molecule has 0 aliphatic carbocycles. The number of pyridine rings is 1. The summed E-state index contributed by atoms with van der Waals surface area (Å²) in [7, 11) is 1.85. The number of halogens is 1. The van der Waals surface area contributed by atoms with E-state index in [1.165, 1.54) is 24.3 Å². The molecule has 0 fully saturated rings. The molecule has 0 saturated carbocycles. The van der Waals surface area contributed by atoms with Crippen molar-refractivity contribution in [3.63, 3.8) is 0 Å². The van der Waals surface area contributed by atoms with Crippen LogP contribution in [0.4, 0.5) is 14.9 Å². The van der Waals surface area contributed by atoms with E-state index in [0.717, 1.165) is 16.5 Å². The smallest absolute Gasteiger partial charge is 0.319 e. The lowest BCUT2D eigenvalue weighted by atomic mass is 10.3. The molecule has 3 rings (SSSR count). The maximum atomic E-state index is 12.9. The van der Waals surface area contributed by atoms with E-state index in [-0.39, 0.29) is 12.4 Å². The first kappa shape index (κ1) is 17.9. The fraction of sp³-hybridized carbons (Fsp3) is 0.176. The summed E-state index contributed by atoms with van der Waals surface area (Å²) in [4.78, 5) is 16.0. The van der Waals surface area contributed by atoms with Gasteiger partial charge in [0.1, 0.15) is 5.82 Å². The van der Waals surface area contributed by atoms with Crippen LogP contribution < -0.4 is 10.6 Å². The topological polar surface area (TPSA) is 84.7 Å². The monoisotopic (exact) mass is 372 g/mol. The van der Waals surface area contributed by atoms with Crippen LogP contribution in [0.1, 0.15) is 11.4 Å². The Morgan fingerprint density at radius 2 is 2.04 bits per heavy atom. The van der Waals surface area contributed by atoms with E-state index in [9.17, 15) is 9.18 Å². The Morgan fingerprint density at radius 3 is 2.77 bits per heavy atom. The maximum absolute atomic E-state index is 12.9. The van der Waals surface area contributed by atoms with Gasteiger partial charge < -0.3 is 15.2 Å². The Morgan fingerprint density at radius 1 is 1.23 bits per heavy atom. The van der Waals surface area contributed by atoms with Crippen LogP contribution in [0.2, 0.25) is 0 Å². The Kier molecular flexibility index (Phi) is 5.80. The van der Waals surface area contributed by atoms with E-state index in [1.807, 2.05) is 29.9 Å². The molecule has 2 aromatic heterocycles. The van der Waals surface area contributed by atoms with Crippen molar-refractivity contribution in [2.45, 2.75) is 17.5 Å². The number of hydrogen-bond donors (Lipinski definition) is 2. The predicted octanol–water partition coefficient (Wildman–Crippen LogP) is 2.96. The second-order valence-electron chi connectivity index (χ2n) is 5.42. The van der Waals surface area contributed by atoms with Gasteiger partial charge in [0.15, 0.2) is 11.0 Å². The summed E-state index contributed by atoms with van der Waals surface area (Å²) < 4.78 is 14.7. The first-order valence-electron chi connectivity index (χ1n) is 7.82. The van der Waals surface area contributed by atoms with Crippen LogP contribution >= 0.6 is 11.8 Å². The zero-order valence-electron chi connectivity index (χ0n) is 14.0. The number of thioether (sulfide) groups is 1. The third-order valence-corrected chi connectivity index (χ3v) is 4.62. The number of aromatic nitrogens is 4. The van der Waals surface area contributed by atoms with Crippen molar-refractivity contribution in [2.75, 3.05) is 5.32 Å². The number of urea groups is 1. The van der Waals surface area contributed by atoms with E-state index in [1.54, 1.807) is 18.0 Å². The van der Waals surface area contributed by atoms with Gasteiger partial charge >= 0.3 is 6.03 Å². The minimum atomic E-state index is -0.399. The van der Waals surface area contributed by atoms with E-state index in [2.05, 4.69) is 25.8 Å². The molecule has 1 aromatic carbocycles. The van der Waals surface area contributed by atoms with E-state index < -0.39 is 6.03 Å². The van der Waals surface area contributed by atoms with Crippen LogP contribution in [0.3, 0.4) is 0 Å². The highest BCUT2D eigenvalue weighted by molar-refractivity contribution is 7.98. The molecule has 0 unspecified atom stereocenters. The molecular formula is C17H17FN6OS. The highest BCUT2D eigenvalue weighted by atomic mass is 32.2. The van der Waals surface area contributed by atoms with Gasteiger partial charge in [0, 0.05) is 30.9 Å².